The number of esters is 1. The van der Waals surface area contributed by atoms with Gasteiger partial charge in [-0.05, 0) is 45.4 Å². The second-order valence-electron chi connectivity index (χ2n) is 5.43. The molecule has 0 fully saturated rings. The number of aryl methyl sites for hydroxylation is 1. The van der Waals surface area contributed by atoms with E-state index in [0.717, 1.165) is 13.0 Å². The molecule has 1 N–H and O–H groups in total. The molecule has 1 rings (SSSR count). The van der Waals surface area contributed by atoms with Crippen molar-refractivity contribution in [3.63, 3.8) is 0 Å². The van der Waals surface area contributed by atoms with Crippen LogP contribution in [-0.4, -0.2) is 18.6 Å². The zero-order valence-corrected chi connectivity index (χ0v) is 11.7. The van der Waals surface area contributed by atoms with Crippen LogP contribution in [0.5, 0.6) is 0 Å². The predicted molar refractivity (Wildman–Crippen MR) is 73.4 cm³/mol. The molecule has 18 heavy (non-hydrogen) atoms. The van der Waals surface area contributed by atoms with Gasteiger partial charge in [0, 0.05) is 13.0 Å². The Hall–Kier alpha value is -1.35. The summed E-state index contributed by atoms with van der Waals surface area (Å²) >= 11 is 0. The molecule has 0 aliphatic carbocycles. The maximum Gasteiger partial charge on any atom is 0.306 e. The summed E-state index contributed by atoms with van der Waals surface area (Å²) < 4.78 is 5.27. The highest BCUT2D eigenvalue weighted by Gasteiger charge is 2.15. The fraction of sp³-hybridized carbons (Fsp3) is 0.533. The number of carbonyl (C=O) groups is 1. The van der Waals surface area contributed by atoms with Crippen molar-refractivity contribution in [3.8, 4) is 0 Å². The monoisotopic (exact) mass is 249 g/mol. The van der Waals surface area contributed by atoms with Gasteiger partial charge < -0.3 is 10.1 Å². The molecule has 100 valence electrons. The number of nitrogens with one attached hydrogen (secondary N) is 1. The van der Waals surface area contributed by atoms with E-state index in [1.807, 2.05) is 27.8 Å². The fourth-order valence-electron chi connectivity index (χ4n) is 1.67. The Morgan fingerprint density at radius 3 is 2.22 bits per heavy atom. The third-order valence-corrected chi connectivity index (χ3v) is 2.44. The smallest absolute Gasteiger partial charge is 0.306 e. The second-order valence-corrected chi connectivity index (χ2v) is 5.43. The molecule has 3 nitrogen and oxygen atoms in total. The first-order chi connectivity index (χ1) is 8.40. The molecule has 1 aromatic rings. The van der Waals surface area contributed by atoms with Gasteiger partial charge in [-0.25, -0.2) is 0 Å². The van der Waals surface area contributed by atoms with Crippen molar-refractivity contribution in [1.29, 1.82) is 0 Å². The third-order valence-electron chi connectivity index (χ3n) is 2.44. The van der Waals surface area contributed by atoms with Crippen LogP contribution in [0.1, 0.15) is 38.3 Å². The average molecular weight is 249 g/mol. The molecule has 0 spiro atoms. The summed E-state index contributed by atoms with van der Waals surface area (Å²) in [4.78, 5) is 11.6. The fourth-order valence-corrected chi connectivity index (χ4v) is 1.67. The van der Waals surface area contributed by atoms with Crippen molar-refractivity contribution in [2.75, 3.05) is 7.05 Å². The van der Waals surface area contributed by atoms with E-state index in [1.165, 1.54) is 11.1 Å². The number of ether oxygens (including phenoxy) is 1. The Labute approximate surface area is 110 Å². The Bertz CT molecular complexity index is 376. The standard InChI is InChI=1S/C15H23NO2/c1-15(2,3)18-14(17)10-9-12-5-7-13(8-6-12)11-16-4/h5-8,16H,9-11H2,1-4H3. The lowest BCUT2D eigenvalue weighted by Crippen LogP contribution is -2.24. The average Bonchev–Trinajstić information content (AvgIpc) is 2.26. The van der Waals surface area contributed by atoms with Crippen LogP contribution < -0.4 is 5.32 Å². The maximum absolute atomic E-state index is 11.6. The van der Waals surface area contributed by atoms with Gasteiger partial charge in [-0.1, -0.05) is 24.3 Å². The van der Waals surface area contributed by atoms with E-state index in [2.05, 4.69) is 29.6 Å². The maximum atomic E-state index is 11.6. The van der Waals surface area contributed by atoms with Gasteiger partial charge in [0.05, 0.1) is 0 Å². The van der Waals surface area contributed by atoms with Gasteiger partial charge in [-0.2, -0.15) is 0 Å². The zero-order chi connectivity index (χ0) is 13.6. The van der Waals surface area contributed by atoms with Crippen molar-refractivity contribution in [2.45, 2.75) is 45.8 Å². The van der Waals surface area contributed by atoms with E-state index < -0.39 is 5.60 Å². The highest BCUT2D eigenvalue weighted by atomic mass is 16.6. The molecule has 0 atom stereocenters. The Morgan fingerprint density at radius 2 is 1.72 bits per heavy atom. The van der Waals surface area contributed by atoms with Crippen molar-refractivity contribution >= 4 is 5.97 Å². The molecule has 0 bridgehead atoms. The minimum atomic E-state index is -0.395. The molecule has 0 saturated carbocycles. The van der Waals surface area contributed by atoms with E-state index in [9.17, 15) is 4.79 Å². The van der Waals surface area contributed by atoms with Crippen LogP contribution in [0, 0.1) is 0 Å². The zero-order valence-electron chi connectivity index (χ0n) is 11.7. The van der Waals surface area contributed by atoms with E-state index >= 15 is 0 Å². The minimum absolute atomic E-state index is 0.137. The summed E-state index contributed by atoms with van der Waals surface area (Å²) in [6.07, 6.45) is 1.16. The number of rotatable bonds is 5. The second kappa shape index (κ2) is 6.55. The van der Waals surface area contributed by atoms with Crippen LogP contribution in [0.3, 0.4) is 0 Å². The summed E-state index contributed by atoms with van der Waals surface area (Å²) in [6, 6.07) is 8.30. The summed E-state index contributed by atoms with van der Waals surface area (Å²) in [5, 5.41) is 3.11. The molecule has 0 aliphatic heterocycles. The van der Waals surface area contributed by atoms with Gasteiger partial charge in [0.25, 0.3) is 0 Å². The van der Waals surface area contributed by atoms with Crippen LogP contribution in [-0.2, 0) is 22.5 Å². The summed E-state index contributed by atoms with van der Waals surface area (Å²) in [6.45, 7) is 6.53. The first kappa shape index (κ1) is 14.7. The largest absolute Gasteiger partial charge is 0.460 e. The molecule has 0 aromatic heterocycles. The molecule has 1 aromatic carbocycles. The minimum Gasteiger partial charge on any atom is -0.460 e. The molecule has 0 heterocycles. The molecule has 0 aliphatic rings. The molecule has 0 saturated heterocycles. The van der Waals surface area contributed by atoms with Crippen LogP contribution >= 0.6 is 0 Å². The number of benzene rings is 1. The number of carbonyl (C=O) groups excluding carboxylic acids is 1. The molecule has 0 amide bonds. The van der Waals surface area contributed by atoms with Crippen LogP contribution in [0.4, 0.5) is 0 Å². The van der Waals surface area contributed by atoms with Gasteiger partial charge >= 0.3 is 5.97 Å². The van der Waals surface area contributed by atoms with E-state index in [0.29, 0.717) is 6.42 Å². The Kier molecular flexibility index (Phi) is 5.35. The SMILES string of the molecule is CNCc1ccc(CCC(=O)OC(C)(C)C)cc1. The molecule has 0 radical (unpaired) electrons. The molecular formula is C15H23NO2. The van der Waals surface area contributed by atoms with Crippen LogP contribution in [0.2, 0.25) is 0 Å². The summed E-state index contributed by atoms with van der Waals surface area (Å²) in [5.41, 5.74) is 2.02. The van der Waals surface area contributed by atoms with Crippen molar-refractivity contribution < 1.29 is 9.53 Å². The highest BCUT2D eigenvalue weighted by Crippen LogP contribution is 2.11. The van der Waals surface area contributed by atoms with Gasteiger partial charge in [0.2, 0.25) is 0 Å². The van der Waals surface area contributed by atoms with E-state index in [-0.39, 0.29) is 5.97 Å². The highest BCUT2D eigenvalue weighted by molar-refractivity contribution is 5.70. The van der Waals surface area contributed by atoms with E-state index in [1.54, 1.807) is 0 Å². The van der Waals surface area contributed by atoms with Gasteiger partial charge in [-0.3, -0.25) is 4.79 Å². The quantitative estimate of drug-likeness (QED) is 0.815. The summed E-state index contributed by atoms with van der Waals surface area (Å²) in [5.74, 6) is -0.137. The lowest BCUT2D eigenvalue weighted by Gasteiger charge is -2.19. The Morgan fingerprint density at radius 1 is 1.17 bits per heavy atom. The number of hydrogen-bond acceptors (Lipinski definition) is 3. The van der Waals surface area contributed by atoms with Crippen LogP contribution in [0.15, 0.2) is 24.3 Å². The lowest BCUT2D eigenvalue weighted by atomic mass is 10.1. The summed E-state index contributed by atoms with van der Waals surface area (Å²) in [7, 11) is 1.93. The van der Waals surface area contributed by atoms with Crippen molar-refractivity contribution in [1.82, 2.24) is 5.32 Å². The third kappa shape index (κ3) is 5.82. The topological polar surface area (TPSA) is 38.3 Å². The number of hydrogen-bond donors (Lipinski definition) is 1. The van der Waals surface area contributed by atoms with Gasteiger partial charge in [-0.15, -0.1) is 0 Å². The molecule has 0 unspecified atom stereocenters. The first-order valence-electron chi connectivity index (χ1n) is 6.35. The van der Waals surface area contributed by atoms with Gasteiger partial charge in [0.1, 0.15) is 5.60 Å². The first-order valence-corrected chi connectivity index (χ1v) is 6.35. The normalized spacial score (nSPS) is 11.3. The van der Waals surface area contributed by atoms with E-state index in [4.69, 9.17) is 4.74 Å². The van der Waals surface area contributed by atoms with Gasteiger partial charge in [0.15, 0.2) is 0 Å². The molecule has 3 heteroatoms. The van der Waals surface area contributed by atoms with Crippen molar-refractivity contribution in [2.24, 2.45) is 0 Å². The predicted octanol–water partition coefficient (Wildman–Crippen LogP) is 2.68. The van der Waals surface area contributed by atoms with Crippen LogP contribution in [0.25, 0.3) is 0 Å². The Balaban J connectivity index is 2.41. The molecular weight excluding hydrogens is 226 g/mol. The lowest BCUT2D eigenvalue weighted by molar-refractivity contribution is -0.154. The van der Waals surface area contributed by atoms with Crippen molar-refractivity contribution in [3.05, 3.63) is 35.4 Å².